The molecule has 3 heteroatoms. The Morgan fingerprint density at radius 3 is 1.73 bits per heavy atom. The molecule has 0 radical (unpaired) electrons. The fraction of sp³-hybridized carbons (Fsp3) is 0.500. The third-order valence-electron chi connectivity index (χ3n) is 1.94. The molecular weight excluding hydrogens is 191 g/mol. The second-order valence-electron chi connectivity index (χ2n) is 3.11. The quantitative estimate of drug-likeness (QED) is 0.691. The van der Waals surface area contributed by atoms with Gasteiger partial charge in [0, 0.05) is 0 Å². The number of hydrogen-bond acceptors (Lipinski definition) is 2. The van der Waals surface area contributed by atoms with E-state index in [1.54, 1.807) is 18.2 Å². The lowest BCUT2D eigenvalue weighted by molar-refractivity contribution is 0.520. The largest absolute Gasteiger partial charge is 0.333 e. The minimum Gasteiger partial charge on any atom is -0.333 e. The Morgan fingerprint density at radius 2 is 1.53 bits per heavy atom. The van der Waals surface area contributed by atoms with E-state index in [1.165, 1.54) is 51.5 Å². The van der Waals surface area contributed by atoms with Gasteiger partial charge in [0.2, 0.25) is 0 Å². The predicted octanol–water partition coefficient (Wildman–Crippen LogP) is 2.16. The van der Waals surface area contributed by atoms with E-state index in [2.05, 4.69) is 11.1 Å². The van der Waals surface area contributed by atoms with Crippen molar-refractivity contribution in [3.63, 3.8) is 0 Å². The molecule has 1 aromatic rings. The van der Waals surface area contributed by atoms with Crippen molar-refractivity contribution in [2.45, 2.75) is 19.3 Å². The summed E-state index contributed by atoms with van der Waals surface area (Å²) in [5, 5.41) is 3.28. The van der Waals surface area contributed by atoms with Crippen LogP contribution >= 0.6 is 0 Å². The molecule has 86 valence electrons. The van der Waals surface area contributed by atoms with Gasteiger partial charge in [0.05, 0.1) is 0 Å². The lowest BCUT2D eigenvalue weighted by Gasteiger charge is -2.08. The number of hydrogen-bond donors (Lipinski definition) is 2. The van der Waals surface area contributed by atoms with Crippen LogP contribution in [0.4, 0.5) is 4.39 Å². The van der Waals surface area contributed by atoms with E-state index in [1.807, 2.05) is 0 Å². The number of piperidine rings is 1. The Balaban J connectivity index is 0.000000227. The zero-order chi connectivity index (χ0) is 11.4. The molecule has 1 aliphatic rings. The number of nitrogens with one attached hydrogen (secondary N) is 1. The minimum absolute atomic E-state index is 0.178. The molecule has 1 heterocycles. The lowest BCUT2D eigenvalue weighted by Crippen LogP contribution is -2.21. The summed E-state index contributed by atoms with van der Waals surface area (Å²) >= 11 is 0. The molecule has 1 saturated heterocycles. The highest BCUT2D eigenvalue weighted by Crippen LogP contribution is 1.96. The fourth-order valence-corrected chi connectivity index (χ4v) is 1.22. The highest BCUT2D eigenvalue weighted by atomic mass is 19.1. The average molecular weight is 212 g/mol. The van der Waals surface area contributed by atoms with Gasteiger partial charge in [0.1, 0.15) is 5.82 Å². The van der Waals surface area contributed by atoms with Crippen LogP contribution in [0.5, 0.6) is 0 Å². The maximum Gasteiger partial charge on any atom is 0.123 e. The molecule has 1 aliphatic heterocycles. The number of halogens is 1. The van der Waals surface area contributed by atoms with Gasteiger partial charge in [-0.3, -0.25) is 0 Å². The first-order valence-corrected chi connectivity index (χ1v) is 5.38. The molecule has 0 aromatic heterocycles. The van der Waals surface area contributed by atoms with Crippen molar-refractivity contribution in [3.05, 3.63) is 36.1 Å². The monoisotopic (exact) mass is 212 g/mol. The molecule has 0 aliphatic carbocycles. The summed E-state index contributed by atoms with van der Waals surface area (Å²) in [4.78, 5) is 0. The summed E-state index contributed by atoms with van der Waals surface area (Å²) in [5.41, 5.74) is 4.50. The van der Waals surface area contributed by atoms with E-state index in [0.29, 0.717) is 0 Å². The molecule has 15 heavy (non-hydrogen) atoms. The van der Waals surface area contributed by atoms with Crippen LogP contribution in [0.15, 0.2) is 30.3 Å². The third-order valence-corrected chi connectivity index (χ3v) is 1.94. The van der Waals surface area contributed by atoms with Crippen molar-refractivity contribution in [3.8, 4) is 0 Å². The van der Waals surface area contributed by atoms with Crippen LogP contribution in [0.25, 0.3) is 0 Å². The summed E-state index contributed by atoms with van der Waals surface area (Å²) in [6.07, 6.45) is 4.22. The van der Waals surface area contributed by atoms with Gasteiger partial charge in [-0.05, 0) is 45.1 Å². The van der Waals surface area contributed by atoms with Gasteiger partial charge >= 0.3 is 0 Å². The first-order valence-electron chi connectivity index (χ1n) is 5.38. The molecule has 0 atom stereocenters. The maximum atomic E-state index is 11.9. The summed E-state index contributed by atoms with van der Waals surface area (Å²) < 4.78 is 11.9. The Hall–Kier alpha value is -0.930. The van der Waals surface area contributed by atoms with Gasteiger partial charge in [-0.25, -0.2) is 4.39 Å². The van der Waals surface area contributed by atoms with Crippen LogP contribution in [0.3, 0.4) is 0 Å². The van der Waals surface area contributed by atoms with E-state index in [9.17, 15) is 4.39 Å². The Bertz CT molecular complexity index is 199. The third kappa shape index (κ3) is 9.38. The number of benzene rings is 1. The van der Waals surface area contributed by atoms with E-state index < -0.39 is 0 Å². The molecule has 3 N–H and O–H groups in total. The second kappa shape index (κ2) is 11.1. The predicted molar refractivity (Wildman–Crippen MR) is 63.2 cm³/mol. The van der Waals surface area contributed by atoms with Crippen LogP contribution < -0.4 is 11.1 Å². The topological polar surface area (TPSA) is 38.0 Å². The average Bonchev–Trinajstić information content (AvgIpc) is 2.36. The van der Waals surface area contributed by atoms with Gasteiger partial charge in [-0.15, -0.1) is 0 Å². The van der Waals surface area contributed by atoms with Gasteiger partial charge in [-0.1, -0.05) is 24.6 Å². The lowest BCUT2D eigenvalue weighted by atomic mass is 10.2. The van der Waals surface area contributed by atoms with Crippen LogP contribution in [-0.4, -0.2) is 20.1 Å². The molecule has 0 saturated carbocycles. The van der Waals surface area contributed by atoms with Gasteiger partial charge in [-0.2, -0.15) is 0 Å². The number of nitrogens with two attached hydrogens (primary N) is 1. The van der Waals surface area contributed by atoms with Crippen molar-refractivity contribution in [2.75, 3.05) is 20.1 Å². The molecule has 1 fully saturated rings. The zero-order valence-electron chi connectivity index (χ0n) is 9.38. The van der Waals surface area contributed by atoms with Crippen LogP contribution in [0.1, 0.15) is 19.3 Å². The smallest absolute Gasteiger partial charge is 0.123 e. The summed E-state index contributed by atoms with van der Waals surface area (Å²) in [6, 6.07) is 7.94. The highest BCUT2D eigenvalue weighted by Gasteiger charge is 1.93. The molecule has 0 unspecified atom stereocenters. The zero-order valence-corrected chi connectivity index (χ0v) is 9.38. The standard InChI is InChI=1S/C6H5F.C5H11N.CH5N/c7-6-4-2-1-3-5-6;1-2-4-6-5-3-1;1-2/h1-5H;6H,1-5H2;2H2,1H3. The van der Waals surface area contributed by atoms with Gasteiger partial charge in [0.25, 0.3) is 0 Å². The normalized spacial score (nSPS) is 14.1. The fourth-order valence-electron chi connectivity index (χ4n) is 1.22. The molecule has 0 amide bonds. The van der Waals surface area contributed by atoms with Crippen molar-refractivity contribution in [1.82, 2.24) is 5.32 Å². The van der Waals surface area contributed by atoms with Gasteiger partial charge in [0.15, 0.2) is 0 Å². The Morgan fingerprint density at radius 1 is 1.00 bits per heavy atom. The van der Waals surface area contributed by atoms with Crippen molar-refractivity contribution < 1.29 is 4.39 Å². The Labute approximate surface area is 91.7 Å². The van der Waals surface area contributed by atoms with E-state index in [4.69, 9.17) is 0 Å². The molecule has 0 bridgehead atoms. The number of rotatable bonds is 0. The minimum atomic E-state index is -0.178. The van der Waals surface area contributed by atoms with Crippen LogP contribution in [0.2, 0.25) is 0 Å². The van der Waals surface area contributed by atoms with E-state index >= 15 is 0 Å². The Kier molecular flexibility index (Phi) is 10.5. The van der Waals surface area contributed by atoms with Crippen LogP contribution in [0, 0.1) is 5.82 Å². The second-order valence-corrected chi connectivity index (χ2v) is 3.11. The van der Waals surface area contributed by atoms with Crippen molar-refractivity contribution in [2.24, 2.45) is 5.73 Å². The molecule has 0 spiro atoms. The van der Waals surface area contributed by atoms with Gasteiger partial charge < -0.3 is 11.1 Å². The van der Waals surface area contributed by atoms with Crippen LogP contribution in [-0.2, 0) is 0 Å². The van der Waals surface area contributed by atoms with Crippen molar-refractivity contribution in [1.29, 1.82) is 0 Å². The first-order chi connectivity index (χ1) is 7.39. The SMILES string of the molecule is C1CCNCC1.CN.Fc1ccccc1. The summed E-state index contributed by atoms with van der Waals surface area (Å²) in [5.74, 6) is -0.178. The molecule has 2 nitrogen and oxygen atoms in total. The summed E-state index contributed by atoms with van der Waals surface area (Å²) in [7, 11) is 1.50. The molecule has 1 aromatic carbocycles. The highest BCUT2D eigenvalue weighted by molar-refractivity contribution is 5.02. The van der Waals surface area contributed by atoms with E-state index in [-0.39, 0.29) is 5.82 Å². The molecular formula is C12H21FN2. The molecule has 2 rings (SSSR count). The van der Waals surface area contributed by atoms with Crippen molar-refractivity contribution >= 4 is 0 Å². The summed E-state index contributed by atoms with van der Waals surface area (Å²) in [6.45, 7) is 2.50. The first kappa shape index (κ1) is 14.1. The van der Waals surface area contributed by atoms with E-state index in [0.717, 1.165) is 0 Å². The maximum absolute atomic E-state index is 11.9.